The topological polar surface area (TPSA) is 60.4 Å². The molecule has 14 heteroatoms. The van der Waals surface area contributed by atoms with Crippen LogP contribution in [0.4, 0.5) is 55.4 Å². The molecular weight excluding hydrogens is 520 g/mol. The number of pyridine rings is 1. The predicted octanol–water partition coefficient (Wildman–Crippen LogP) is 5.64. The van der Waals surface area contributed by atoms with Crippen LogP contribution in [0, 0.1) is 0 Å². The van der Waals surface area contributed by atoms with Crippen LogP contribution in [0.3, 0.4) is 0 Å². The van der Waals surface area contributed by atoms with Crippen molar-refractivity contribution in [2.45, 2.75) is 16.6 Å². The van der Waals surface area contributed by atoms with Crippen LogP contribution in [-0.4, -0.2) is 60.7 Å². The zero-order valence-electron chi connectivity index (χ0n) is 19.8. The van der Waals surface area contributed by atoms with Crippen LogP contribution < -0.4 is 20.0 Å². The second kappa shape index (κ2) is 10.5. The molecule has 37 heavy (non-hydrogen) atoms. The number of thioether (sulfide) groups is 1. The summed E-state index contributed by atoms with van der Waals surface area (Å²) in [6, 6.07) is 9.84. The summed E-state index contributed by atoms with van der Waals surface area (Å²) in [7, 11) is 3.53. The van der Waals surface area contributed by atoms with Gasteiger partial charge in [0.05, 0.1) is 5.56 Å². The van der Waals surface area contributed by atoms with E-state index in [4.69, 9.17) is 0 Å². The Morgan fingerprint density at radius 1 is 0.892 bits per heavy atom. The maximum atomic E-state index is 13.5. The number of piperazine rings is 1. The quantitative estimate of drug-likeness (QED) is 0.317. The highest BCUT2D eigenvalue weighted by Crippen LogP contribution is 2.44. The summed E-state index contributed by atoms with van der Waals surface area (Å²) in [5.41, 5.74) is -6.28. The minimum Gasteiger partial charge on any atom is -0.363 e. The molecule has 1 aliphatic heterocycles. The SMILES string of the molecule is CN(C)c1cc(Nc2ccc(SC(F)(F)F)c(C(F)(F)F)c2)nc(N2CCN(c3ccccn3)CC2)n1. The van der Waals surface area contributed by atoms with E-state index in [2.05, 4.69) is 25.2 Å². The van der Waals surface area contributed by atoms with Gasteiger partial charge in [0.2, 0.25) is 5.95 Å². The van der Waals surface area contributed by atoms with Crippen molar-refractivity contribution in [3.05, 3.63) is 54.2 Å². The summed E-state index contributed by atoms with van der Waals surface area (Å²) in [5, 5.41) is 2.80. The van der Waals surface area contributed by atoms with E-state index in [1.165, 1.54) is 0 Å². The molecule has 1 N–H and O–H groups in total. The fraction of sp³-hybridized carbons (Fsp3) is 0.348. The number of anilines is 5. The first-order valence-electron chi connectivity index (χ1n) is 11.1. The van der Waals surface area contributed by atoms with Crippen molar-refractivity contribution >= 4 is 40.9 Å². The molecule has 0 radical (unpaired) electrons. The zero-order valence-corrected chi connectivity index (χ0v) is 20.6. The van der Waals surface area contributed by atoms with Gasteiger partial charge in [0, 0.05) is 63.1 Å². The van der Waals surface area contributed by atoms with Crippen LogP contribution in [0.25, 0.3) is 0 Å². The van der Waals surface area contributed by atoms with Crippen LogP contribution in [0.2, 0.25) is 0 Å². The zero-order chi connectivity index (χ0) is 26.8. The second-order valence-corrected chi connectivity index (χ2v) is 9.46. The third-order valence-electron chi connectivity index (χ3n) is 5.48. The lowest BCUT2D eigenvalue weighted by molar-refractivity contribution is -0.139. The fourth-order valence-electron chi connectivity index (χ4n) is 3.72. The van der Waals surface area contributed by atoms with Gasteiger partial charge in [-0.2, -0.15) is 36.3 Å². The summed E-state index contributed by atoms with van der Waals surface area (Å²) in [4.78, 5) is 18.3. The molecular formula is C23H23F6N7S. The van der Waals surface area contributed by atoms with E-state index in [-0.39, 0.29) is 11.5 Å². The molecule has 0 saturated carbocycles. The van der Waals surface area contributed by atoms with Crippen molar-refractivity contribution in [2.24, 2.45) is 0 Å². The number of halogens is 6. The Morgan fingerprint density at radius 2 is 1.59 bits per heavy atom. The van der Waals surface area contributed by atoms with E-state index in [9.17, 15) is 26.3 Å². The molecule has 0 amide bonds. The Hall–Kier alpha value is -3.42. The van der Waals surface area contributed by atoms with E-state index < -0.39 is 33.9 Å². The highest BCUT2D eigenvalue weighted by Gasteiger charge is 2.38. The third-order valence-corrected chi connectivity index (χ3v) is 6.29. The Labute approximate surface area is 213 Å². The average molecular weight is 544 g/mol. The Bertz CT molecular complexity index is 1210. The lowest BCUT2D eigenvalue weighted by atomic mass is 10.2. The van der Waals surface area contributed by atoms with E-state index in [1.807, 2.05) is 23.1 Å². The van der Waals surface area contributed by atoms with Gasteiger partial charge in [-0.15, -0.1) is 0 Å². The first kappa shape index (κ1) is 26.6. The first-order valence-corrected chi connectivity index (χ1v) is 11.9. The third kappa shape index (κ3) is 6.87. The highest BCUT2D eigenvalue weighted by molar-refractivity contribution is 8.00. The summed E-state index contributed by atoms with van der Waals surface area (Å²) >= 11 is -0.800. The Morgan fingerprint density at radius 3 is 2.19 bits per heavy atom. The van der Waals surface area contributed by atoms with E-state index >= 15 is 0 Å². The van der Waals surface area contributed by atoms with Gasteiger partial charge in [0.25, 0.3) is 0 Å². The van der Waals surface area contributed by atoms with Gasteiger partial charge in [0.15, 0.2) is 0 Å². The minimum absolute atomic E-state index is 0.0480. The van der Waals surface area contributed by atoms with Crippen LogP contribution >= 0.6 is 11.8 Å². The van der Waals surface area contributed by atoms with Crippen LogP contribution in [0.15, 0.2) is 53.6 Å². The maximum absolute atomic E-state index is 13.5. The molecule has 2 aromatic heterocycles. The molecule has 1 aliphatic rings. The monoisotopic (exact) mass is 543 g/mol. The molecule has 1 fully saturated rings. The molecule has 7 nitrogen and oxygen atoms in total. The molecule has 0 unspecified atom stereocenters. The number of alkyl halides is 6. The van der Waals surface area contributed by atoms with Crippen LogP contribution in [-0.2, 0) is 6.18 Å². The van der Waals surface area contributed by atoms with Crippen molar-refractivity contribution < 1.29 is 26.3 Å². The van der Waals surface area contributed by atoms with Gasteiger partial charge in [-0.25, -0.2) is 4.98 Å². The van der Waals surface area contributed by atoms with E-state index in [0.29, 0.717) is 44.0 Å². The normalized spacial score (nSPS) is 14.6. The number of hydrogen-bond acceptors (Lipinski definition) is 8. The van der Waals surface area contributed by atoms with Crippen LogP contribution in [0.5, 0.6) is 0 Å². The smallest absolute Gasteiger partial charge is 0.363 e. The molecule has 0 aliphatic carbocycles. The summed E-state index contributed by atoms with van der Waals surface area (Å²) in [6.45, 7) is 2.52. The van der Waals surface area contributed by atoms with Gasteiger partial charge in [0.1, 0.15) is 17.5 Å². The Kier molecular flexibility index (Phi) is 7.57. The van der Waals surface area contributed by atoms with Crippen molar-refractivity contribution in [1.29, 1.82) is 0 Å². The lowest BCUT2D eigenvalue weighted by Crippen LogP contribution is -2.47. The molecule has 3 heterocycles. The molecule has 1 saturated heterocycles. The Balaban J connectivity index is 1.57. The molecule has 0 bridgehead atoms. The van der Waals surface area contributed by atoms with E-state index in [0.717, 1.165) is 18.0 Å². The largest absolute Gasteiger partial charge is 0.446 e. The van der Waals surface area contributed by atoms with Crippen LogP contribution in [0.1, 0.15) is 5.56 Å². The average Bonchev–Trinajstić information content (AvgIpc) is 2.84. The van der Waals surface area contributed by atoms with Crippen molar-refractivity contribution in [3.8, 4) is 0 Å². The molecule has 198 valence electrons. The van der Waals surface area contributed by atoms with Gasteiger partial charge >= 0.3 is 11.7 Å². The van der Waals surface area contributed by atoms with Gasteiger partial charge in [-0.3, -0.25) is 0 Å². The van der Waals surface area contributed by atoms with Crippen molar-refractivity contribution in [1.82, 2.24) is 15.0 Å². The predicted molar refractivity (Wildman–Crippen MR) is 132 cm³/mol. The number of benzene rings is 1. The first-order chi connectivity index (χ1) is 17.4. The van der Waals surface area contributed by atoms with Gasteiger partial charge in [-0.1, -0.05) is 6.07 Å². The minimum atomic E-state index is -4.97. The van der Waals surface area contributed by atoms with E-state index in [1.54, 1.807) is 31.3 Å². The fourth-order valence-corrected chi connectivity index (χ4v) is 4.39. The number of hydrogen-bond donors (Lipinski definition) is 1. The van der Waals surface area contributed by atoms with Gasteiger partial charge in [-0.05, 0) is 42.1 Å². The molecule has 0 atom stereocenters. The number of nitrogens with one attached hydrogen (secondary N) is 1. The summed E-state index contributed by atoms with van der Waals surface area (Å²) in [5.74, 6) is 1.97. The number of rotatable bonds is 6. The highest BCUT2D eigenvalue weighted by atomic mass is 32.2. The molecule has 3 aromatic rings. The molecule has 4 rings (SSSR count). The van der Waals surface area contributed by atoms with Crippen molar-refractivity contribution in [3.63, 3.8) is 0 Å². The second-order valence-electron chi connectivity index (χ2n) is 8.35. The molecule has 1 aromatic carbocycles. The summed E-state index contributed by atoms with van der Waals surface area (Å²) < 4.78 is 78.9. The molecule has 0 spiro atoms. The maximum Gasteiger partial charge on any atom is 0.446 e. The number of nitrogens with zero attached hydrogens (tertiary/aromatic N) is 6. The number of aromatic nitrogens is 3. The summed E-state index contributed by atoms with van der Waals surface area (Å²) in [6.07, 6.45) is -3.24. The van der Waals surface area contributed by atoms with Gasteiger partial charge < -0.3 is 20.0 Å². The standard InChI is InChI=1S/C23H23F6N7S/c1-34(2)20-14-18(31-15-6-7-17(37-23(27,28)29)16(13-15)22(24,25)26)32-21(33-20)36-11-9-35(10-12-36)19-5-3-4-8-30-19/h3-8,13-14H,9-12H2,1-2H3,(H,31,32,33). The van der Waals surface area contributed by atoms with Crippen molar-refractivity contribution in [2.75, 3.05) is 60.3 Å². The lowest BCUT2D eigenvalue weighted by Gasteiger charge is -2.35.